The van der Waals surface area contributed by atoms with Crippen LogP contribution in [-0.2, 0) is 22.7 Å². The van der Waals surface area contributed by atoms with Gasteiger partial charge >= 0.3 is 0 Å². The van der Waals surface area contributed by atoms with E-state index in [1.54, 1.807) is 0 Å². The molecule has 0 radical (unpaired) electrons. The largest absolute Gasteiger partial charge is 0.337 e. The third-order valence-corrected chi connectivity index (χ3v) is 6.63. The molecule has 2 heterocycles. The Morgan fingerprint density at radius 1 is 0.788 bits per heavy atom. The molecule has 0 aliphatic carbocycles. The number of piperidine rings is 2. The van der Waals surface area contributed by atoms with Crippen molar-refractivity contribution in [3.05, 3.63) is 70.3 Å². The molecule has 1 spiro atoms. The highest BCUT2D eigenvalue weighted by Crippen LogP contribution is 2.42. The average Bonchev–Trinajstić information content (AvgIpc) is 2.82. The molecule has 168 valence electrons. The van der Waals surface area contributed by atoms with Gasteiger partial charge in [-0.1, -0.05) is 12.1 Å². The Kier molecular flexibility index (Phi) is 6.11. The van der Waals surface area contributed by atoms with E-state index in [4.69, 9.17) is 0 Å². The normalized spacial score (nSPS) is 17.7. The van der Waals surface area contributed by atoms with Gasteiger partial charge in [0.15, 0.2) is 0 Å². The van der Waals surface area contributed by atoms with Crippen LogP contribution in [0.2, 0.25) is 0 Å². The van der Waals surface area contributed by atoms with Crippen LogP contribution in [0, 0.1) is 39.7 Å². The highest BCUT2D eigenvalue weighted by atomic mass is 19.1. The molecule has 33 heavy (non-hydrogen) atoms. The van der Waals surface area contributed by atoms with E-state index in [-0.39, 0.29) is 47.2 Å². The van der Waals surface area contributed by atoms with Crippen LogP contribution in [0.25, 0.3) is 0 Å². The lowest BCUT2D eigenvalue weighted by Crippen LogP contribution is -2.59. The summed E-state index contributed by atoms with van der Waals surface area (Å²) in [6.07, 6.45) is 1.85. The maximum absolute atomic E-state index is 14.4. The van der Waals surface area contributed by atoms with Gasteiger partial charge in [0.1, 0.15) is 17.0 Å². The molecule has 8 heteroatoms. The number of likely N-dealkylation sites (tertiary alicyclic amines) is 2. The fraction of sp³-hybridized carbons (Fsp3) is 0.360. The minimum absolute atomic E-state index is 0.0880. The van der Waals surface area contributed by atoms with Crippen molar-refractivity contribution in [2.24, 2.45) is 5.41 Å². The molecule has 0 bridgehead atoms. The summed E-state index contributed by atoms with van der Waals surface area (Å²) < 4.78 is 28.8. The average molecular weight is 448 g/mol. The molecule has 2 aromatic rings. The number of amides is 2. The van der Waals surface area contributed by atoms with Gasteiger partial charge in [-0.15, -0.1) is 0 Å². The van der Waals surface area contributed by atoms with Gasteiger partial charge in [-0.05, 0) is 49.9 Å². The first-order chi connectivity index (χ1) is 15.9. The van der Waals surface area contributed by atoms with Crippen molar-refractivity contribution in [1.82, 2.24) is 9.80 Å². The second-order valence-corrected chi connectivity index (χ2v) is 8.50. The van der Waals surface area contributed by atoms with Crippen LogP contribution < -0.4 is 0 Å². The first-order valence-corrected chi connectivity index (χ1v) is 10.8. The smallest absolute Gasteiger partial charge is 0.238 e. The van der Waals surface area contributed by atoms with Gasteiger partial charge in [0.25, 0.3) is 0 Å². The van der Waals surface area contributed by atoms with Crippen molar-refractivity contribution in [3.8, 4) is 12.1 Å². The van der Waals surface area contributed by atoms with Crippen molar-refractivity contribution in [3.63, 3.8) is 0 Å². The van der Waals surface area contributed by atoms with Gasteiger partial charge in [0, 0.05) is 37.3 Å². The summed E-state index contributed by atoms with van der Waals surface area (Å²) in [6.45, 7) is 0.544. The van der Waals surface area contributed by atoms with E-state index in [0.29, 0.717) is 38.8 Å². The number of nitriles is 2. The van der Waals surface area contributed by atoms with E-state index in [1.807, 2.05) is 12.1 Å². The number of carbonyl (C=O) groups excluding carboxylic acids is 2. The molecule has 0 saturated carbocycles. The number of hydrogen-bond donors (Lipinski definition) is 0. The van der Waals surface area contributed by atoms with Crippen molar-refractivity contribution < 1.29 is 18.4 Å². The van der Waals surface area contributed by atoms with E-state index in [0.717, 1.165) is 0 Å². The van der Waals surface area contributed by atoms with Crippen LogP contribution in [0.4, 0.5) is 8.78 Å². The van der Waals surface area contributed by atoms with Crippen LogP contribution in [0.5, 0.6) is 0 Å². The first-order valence-electron chi connectivity index (χ1n) is 10.8. The molecular formula is C25H22F2N4O2. The van der Waals surface area contributed by atoms with Crippen molar-refractivity contribution in [1.29, 1.82) is 10.5 Å². The second-order valence-electron chi connectivity index (χ2n) is 8.50. The zero-order valence-electron chi connectivity index (χ0n) is 18.0. The van der Waals surface area contributed by atoms with E-state index in [1.165, 1.54) is 46.2 Å². The number of nitrogens with zero attached hydrogens (tertiary/aromatic N) is 4. The SMILES string of the molecule is N#Cc1cccc(F)c1CN1CCCC2(CCCN(Cc3c(F)cccc3C#N)C2=O)C1=O. The lowest BCUT2D eigenvalue weighted by molar-refractivity contribution is -0.165. The lowest BCUT2D eigenvalue weighted by Gasteiger charge is -2.46. The molecule has 0 aromatic heterocycles. The topological polar surface area (TPSA) is 88.2 Å². The molecule has 2 aliphatic heterocycles. The van der Waals surface area contributed by atoms with E-state index in [2.05, 4.69) is 0 Å². The van der Waals surface area contributed by atoms with Gasteiger partial charge in [-0.3, -0.25) is 9.59 Å². The predicted octanol–water partition coefficient (Wildman–Crippen LogP) is 3.64. The Hall–Kier alpha value is -3.78. The van der Waals surface area contributed by atoms with Gasteiger partial charge < -0.3 is 9.80 Å². The summed E-state index contributed by atoms with van der Waals surface area (Å²) in [4.78, 5) is 30.0. The number of carbonyl (C=O) groups is 2. The molecule has 2 amide bonds. The van der Waals surface area contributed by atoms with Crippen molar-refractivity contribution in [2.75, 3.05) is 13.1 Å². The van der Waals surface area contributed by atoms with Crippen molar-refractivity contribution >= 4 is 11.8 Å². The standard InChI is InChI=1S/C25H22F2N4O2/c26-21-7-1-5-17(13-28)19(21)15-30-11-3-9-25(23(30)32)10-4-12-31(24(25)33)16-20-18(14-29)6-2-8-22(20)27/h1-2,5-8H,3-4,9-12,15-16H2. The Morgan fingerprint density at radius 2 is 1.21 bits per heavy atom. The predicted molar refractivity (Wildman–Crippen MR) is 114 cm³/mol. The van der Waals surface area contributed by atoms with Crippen LogP contribution in [0.3, 0.4) is 0 Å². The fourth-order valence-corrected chi connectivity index (χ4v) is 4.93. The molecule has 2 aliphatic rings. The van der Waals surface area contributed by atoms with Crippen molar-refractivity contribution in [2.45, 2.75) is 38.8 Å². The van der Waals surface area contributed by atoms with E-state index >= 15 is 0 Å². The summed E-state index contributed by atoms with van der Waals surface area (Å²) in [5.41, 5.74) is -0.705. The Balaban J connectivity index is 1.61. The van der Waals surface area contributed by atoms with Crippen LogP contribution in [0.15, 0.2) is 36.4 Å². The summed E-state index contributed by atoms with van der Waals surface area (Å²) in [5, 5.41) is 18.7. The highest BCUT2D eigenvalue weighted by molar-refractivity contribution is 6.06. The number of halogens is 2. The monoisotopic (exact) mass is 448 g/mol. The molecule has 2 fully saturated rings. The number of rotatable bonds is 4. The van der Waals surface area contributed by atoms with Crippen LogP contribution in [-0.4, -0.2) is 34.7 Å². The highest BCUT2D eigenvalue weighted by Gasteiger charge is 2.53. The zero-order chi connectivity index (χ0) is 23.6. The number of hydrogen-bond acceptors (Lipinski definition) is 4. The first kappa shape index (κ1) is 22.4. The molecule has 2 saturated heterocycles. The third kappa shape index (κ3) is 3.93. The molecular weight excluding hydrogens is 426 g/mol. The molecule has 0 unspecified atom stereocenters. The van der Waals surface area contributed by atoms with Gasteiger partial charge in [-0.25, -0.2) is 8.78 Å². The quantitative estimate of drug-likeness (QED) is 0.668. The zero-order valence-corrected chi connectivity index (χ0v) is 18.0. The maximum atomic E-state index is 14.4. The van der Waals surface area contributed by atoms with E-state index < -0.39 is 17.0 Å². The third-order valence-electron chi connectivity index (χ3n) is 6.63. The Morgan fingerprint density at radius 3 is 1.61 bits per heavy atom. The van der Waals surface area contributed by atoms with Crippen LogP contribution >= 0.6 is 0 Å². The van der Waals surface area contributed by atoms with Gasteiger partial charge in [0.2, 0.25) is 11.8 Å². The van der Waals surface area contributed by atoms with E-state index in [9.17, 15) is 28.9 Å². The minimum atomic E-state index is -1.29. The molecule has 0 atom stereocenters. The van der Waals surface area contributed by atoms with Crippen LogP contribution in [0.1, 0.15) is 47.9 Å². The lowest BCUT2D eigenvalue weighted by atomic mass is 9.72. The molecule has 6 nitrogen and oxygen atoms in total. The molecule has 0 N–H and O–H groups in total. The molecule has 4 rings (SSSR count). The summed E-state index contributed by atoms with van der Waals surface area (Å²) in [6, 6.07) is 12.3. The summed E-state index contributed by atoms with van der Waals surface area (Å²) >= 11 is 0. The summed E-state index contributed by atoms with van der Waals surface area (Å²) in [7, 11) is 0. The second kappa shape index (κ2) is 8.99. The Bertz CT molecular complexity index is 1100. The maximum Gasteiger partial charge on any atom is 0.238 e. The minimum Gasteiger partial charge on any atom is -0.337 e. The van der Waals surface area contributed by atoms with Gasteiger partial charge in [0.05, 0.1) is 23.3 Å². The molecule has 2 aromatic carbocycles. The number of benzene rings is 2. The fourth-order valence-electron chi connectivity index (χ4n) is 4.93. The summed E-state index contributed by atoms with van der Waals surface area (Å²) in [5.74, 6) is -1.91. The Labute approximate surface area is 190 Å². The van der Waals surface area contributed by atoms with Gasteiger partial charge in [-0.2, -0.15) is 10.5 Å².